The minimum Gasteiger partial charge on any atom is -0.506 e. The lowest BCUT2D eigenvalue weighted by Crippen LogP contribution is -2.25. The summed E-state index contributed by atoms with van der Waals surface area (Å²) in [5.74, 6) is -2.51. The van der Waals surface area contributed by atoms with Gasteiger partial charge in [0, 0.05) is 5.56 Å². The number of methoxy groups -OCH3 is 1. The molecule has 0 saturated carbocycles. The van der Waals surface area contributed by atoms with Gasteiger partial charge in [0.1, 0.15) is 11.8 Å². The molecule has 6 nitrogen and oxygen atoms in total. The van der Waals surface area contributed by atoms with Crippen LogP contribution in [-0.2, 0) is 9.53 Å². The number of carboxylic acids is 1. The molecular weight excluding hydrogens is 294 g/mol. The van der Waals surface area contributed by atoms with E-state index in [1.54, 1.807) is 0 Å². The summed E-state index contributed by atoms with van der Waals surface area (Å²) in [6.07, 6.45) is 0. The quantitative estimate of drug-likeness (QED) is 0.719. The van der Waals surface area contributed by atoms with E-state index in [1.807, 2.05) is 0 Å². The van der Waals surface area contributed by atoms with Crippen molar-refractivity contribution in [3.8, 4) is 5.75 Å². The van der Waals surface area contributed by atoms with E-state index < -0.39 is 18.0 Å². The first kappa shape index (κ1) is 13.5. The number of hydrogen-bond donors (Lipinski definition) is 3. The summed E-state index contributed by atoms with van der Waals surface area (Å²) < 4.78 is 4.66. The molecule has 1 rings (SSSR count). The van der Waals surface area contributed by atoms with Crippen molar-refractivity contribution in [1.29, 1.82) is 0 Å². The lowest BCUT2D eigenvalue weighted by atomic mass is 9.99. The zero-order valence-corrected chi connectivity index (χ0v) is 10.4. The van der Waals surface area contributed by atoms with Crippen molar-refractivity contribution >= 4 is 27.9 Å². The number of rotatable bonds is 3. The molecule has 0 aliphatic carbocycles. The third kappa shape index (κ3) is 2.56. The van der Waals surface area contributed by atoms with Crippen molar-refractivity contribution < 1.29 is 24.5 Å². The highest BCUT2D eigenvalue weighted by molar-refractivity contribution is 9.10. The molecule has 0 aliphatic rings. The van der Waals surface area contributed by atoms with E-state index in [0.29, 0.717) is 0 Å². The molecule has 0 unspecified atom stereocenters. The fraction of sp³-hybridized carbons (Fsp3) is 0.200. The van der Waals surface area contributed by atoms with E-state index in [1.165, 1.54) is 12.1 Å². The van der Waals surface area contributed by atoms with Crippen LogP contribution in [0.15, 0.2) is 16.6 Å². The van der Waals surface area contributed by atoms with Gasteiger partial charge < -0.3 is 20.7 Å². The van der Waals surface area contributed by atoms with Gasteiger partial charge in [0.05, 0.1) is 17.1 Å². The van der Waals surface area contributed by atoms with Crippen LogP contribution in [0.5, 0.6) is 5.75 Å². The maximum Gasteiger partial charge on any atom is 0.336 e. The first-order valence-electron chi connectivity index (χ1n) is 4.48. The molecule has 0 heterocycles. The van der Waals surface area contributed by atoms with Gasteiger partial charge >= 0.3 is 11.9 Å². The van der Waals surface area contributed by atoms with Gasteiger partial charge in [-0.2, -0.15) is 0 Å². The summed E-state index contributed by atoms with van der Waals surface area (Å²) in [5, 5.41) is 18.7. The van der Waals surface area contributed by atoms with Crippen LogP contribution in [0.2, 0.25) is 0 Å². The Morgan fingerprint density at radius 2 is 2.06 bits per heavy atom. The van der Waals surface area contributed by atoms with Gasteiger partial charge in [0.2, 0.25) is 0 Å². The molecule has 0 spiro atoms. The second-order valence-corrected chi connectivity index (χ2v) is 4.02. The molecule has 92 valence electrons. The Hall–Kier alpha value is -1.60. The van der Waals surface area contributed by atoms with E-state index in [2.05, 4.69) is 20.7 Å². The smallest absolute Gasteiger partial charge is 0.336 e. The van der Waals surface area contributed by atoms with Gasteiger partial charge in [-0.05, 0) is 28.1 Å². The molecule has 7 heteroatoms. The minimum atomic E-state index is -1.36. The molecule has 0 amide bonds. The van der Waals surface area contributed by atoms with E-state index in [0.717, 1.165) is 7.11 Å². The number of carbonyl (C=O) groups is 2. The summed E-state index contributed by atoms with van der Waals surface area (Å²) in [7, 11) is 1.12. The third-order valence-corrected chi connectivity index (χ3v) is 2.80. The second kappa shape index (κ2) is 5.15. The van der Waals surface area contributed by atoms with Gasteiger partial charge in [-0.15, -0.1) is 0 Å². The normalized spacial score (nSPS) is 11.9. The van der Waals surface area contributed by atoms with Gasteiger partial charge in [-0.3, -0.25) is 4.79 Å². The molecule has 0 bridgehead atoms. The lowest BCUT2D eigenvalue weighted by molar-refractivity contribution is -0.142. The Bertz CT molecular complexity index is 474. The fourth-order valence-electron chi connectivity index (χ4n) is 1.33. The average molecular weight is 304 g/mol. The van der Waals surface area contributed by atoms with Crippen molar-refractivity contribution in [3.05, 3.63) is 27.7 Å². The maximum atomic E-state index is 11.3. The maximum absolute atomic E-state index is 11.3. The van der Waals surface area contributed by atoms with Crippen molar-refractivity contribution in [2.75, 3.05) is 7.11 Å². The van der Waals surface area contributed by atoms with Crippen LogP contribution >= 0.6 is 15.9 Å². The van der Waals surface area contributed by atoms with Gasteiger partial charge in [-0.25, -0.2) is 4.79 Å². The summed E-state index contributed by atoms with van der Waals surface area (Å²) in [6.45, 7) is 0. The van der Waals surface area contributed by atoms with E-state index in [9.17, 15) is 14.7 Å². The number of nitrogens with two attached hydrogens (primary N) is 1. The molecular formula is C10H10BrNO5. The van der Waals surface area contributed by atoms with Crippen molar-refractivity contribution in [1.82, 2.24) is 0 Å². The molecule has 0 aliphatic heterocycles. The Labute approximate surface area is 105 Å². The van der Waals surface area contributed by atoms with Crippen LogP contribution in [0, 0.1) is 0 Å². The van der Waals surface area contributed by atoms with Gasteiger partial charge in [0.25, 0.3) is 0 Å². The first-order valence-corrected chi connectivity index (χ1v) is 5.27. The monoisotopic (exact) mass is 303 g/mol. The molecule has 17 heavy (non-hydrogen) atoms. The Morgan fingerprint density at radius 1 is 1.47 bits per heavy atom. The van der Waals surface area contributed by atoms with Crippen LogP contribution in [-0.4, -0.2) is 29.3 Å². The number of phenols is 1. The number of esters is 1. The highest BCUT2D eigenvalue weighted by atomic mass is 79.9. The number of aromatic carboxylic acids is 1. The zero-order valence-electron chi connectivity index (χ0n) is 8.81. The summed E-state index contributed by atoms with van der Waals surface area (Å²) in [5.41, 5.74) is 5.11. The van der Waals surface area contributed by atoms with Crippen molar-refractivity contribution in [3.63, 3.8) is 0 Å². The van der Waals surface area contributed by atoms with Crippen LogP contribution < -0.4 is 5.73 Å². The molecule has 1 aromatic rings. The van der Waals surface area contributed by atoms with Crippen molar-refractivity contribution in [2.45, 2.75) is 6.04 Å². The summed E-state index contributed by atoms with van der Waals surface area (Å²) >= 11 is 3.02. The van der Waals surface area contributed by atoms with Gasteiger partial charge in [-0.1, -0.05) is 0 Å². The summed E-state index contributed by atoms with van der Waals surface area (Å²) in [4.78, 5) is 22.3. The van der Waals surface area contributed by atoms with E-state index in [4.69, 9.17) is 10.8 Å². The largest absolute Gasteiger partial charge is 0.506 e. The van der Waals surface area contributed by atoms with Crippen LogP contribution in [0.25, 0.3) is 0 Å². The number of aromatic hydroxyl groups is 1. The predicted octanol–water partition coefficient (Wildman–Crippen LogP) is 1.03. The minimum absolute atomic E-state index is 0.182. The number of carbonyl (C=O) groups excluding carboxylic acids is 1. The Morgan fingerprint density at radius 3 is 2.53 bits per heavy atom. The molecule has 4 N–H and O–H groups in total. The predicted molar refractivity (Wildman–Crippen MR) is 61.7 cm³/mol. The molecule has 0 radical (unpaired) electrons. The highest BCUT2D eigenvalue weighted by Crippen LogP contribution is 2.34. The number of carboxylic acid groups (broad SMARTS) is 1. The number of phenolic OH excluding ortho intramolecular Hbond substituents is 1. The summed E-state index contributed by atoms with van der Waals surface area (Å²) in [6, 6.07) is 1.24. The highest BCUT2D eigenvalue weighted by Gasteiger charge is 2.27. The molecule has 1 aromatic carbocycles. The van der Waals surface area contributed by atoms with Crippen LogP contribution in [0.4, 0.5) is 0 Å². The first-order chi connectivity index (χ1) is 7.90. The van der Waals surface area contributed by atoms with Gasteiger partial charge in [0.15, 0.2) is 0 Å². The average Bonchev–Trinajstić information content (AvgIpc) is 2.30. The molecule has 0 aromatic heterocycles. The zero-order chi connectivity index (χ0) is 13.2. The third-order valence-electron chi connectivity index (χ3n) is 2.16. The van der Waals surface area contributed by atoms with Crippen LogP contribution in [0.3, 0.4) is 0 Å². The fourth-order valence-corrected chi connectivity index (χ4v) is 1.67. The van der Waals surface area contributed by atoms with E-state index in [-0.39, 0.29) is 21.3 Å². The molecule has 1 atom stereocenters. The Kier molecular flexibility index (Phi) is 4.08. The number of ether oxygens (including phenoxy) is 1. The van der Waals surface area contributed by atoms with Crippen LogP contribution in [0.1, 0.15) is 22.0 Å². The SMILES string of the molecule is COC(=O)[C@H](N)c1c(C(=O)O)ccc(Br)c1O. The standard InChI is InChI=1S/C10H10BrNO5/c1-17-10(16)7(12)6-4(9(14)15)2-3-5(11)8(6)13/h2-3,7,13H,12H2,1H3,(H,14,15)/t7-/m1/s1. The number of halogens is 1. The molecule has 0 fully saturated rings. The van der Waals surface area contributed by atoms with E-state index >= 15 is 0 Å². The lowest BCUT2D eigenvalue weighted by Gasteiger charge is -2.15. The van der Waals surface area contributed by atoms with Crippen molar-refractivity contribution in [2.24, 2.45) is 5.73 Å². The Balaban J connectivity index is 3.42. The topological polar surface area (TPSA) is 110 Å². The number of hydrogen-bond acceptors (Lipinski definition) is 5. The molecule has 0 saturated heterocycles. The second-order valence-electron chi connectivity index (χ2n) is 3.16. The number of benzene rings is 1.